The van der Waals surface area contributed by atoms with Crippen LogP contribution in [0.3, 0.4) is 0 Å². The summed E-state index contributed by atoms with van der Waals surface area (Å²) in [6.07, 6.45) is 0. The fourth-order valence-electron chi connectivity index (χ4n) is 2.59. The van der Waals surface area contributed by atoms with Crippen LogP contribution in [0.1, 0.15) is 12.5 Å². The Morgan fingerprint density at radius 2 is 2.00 bits per heavy atom. The van der Waals surface area contributed by atoms with Crippen molar-refractivity contribution in [2.45, 2.75) is 13.5 Å². The van der Waals surface area contributed by atoms with E-state index >= 15 is 0 Å². The molecule has 1 saturated heterocycles. The number of ether oxygens (including phenoxy) is 1. The van der Waals surface area contributed by atoms with E-state index in [1.807, 2.05) is 31.2 Å². The van der Waals surface area contributed by atoms with Gasteiger partial charge in [0.1, 0.15) is 5.75 Å². The smallest absolute Gasteiger partial charge is 0.191 e. The van der Waals surface area contributed by atoms with Crippen molar-refractivity contribution in [3.05, 3.63) is 29.8 Å². The maximum atomic E-state index is 11.4. The topological polar surface area (TPSA) is 83.0 Å². The zero-order chi connectivity index (χ0) is 18.1. The summed E-state index contributed by atoms with van der Waals surface area (Å²) < 4.78 is 28.1. The molecule has 9 heteroatoms. The molecule has 0 atom stereocenters. The van der Waals surface area contributed by atoms with Crippen molar-refractivity contribution < 1.29 is 13.2 Å². The first-order chi connectivity index (χ1) is 12.0. The highest BCUT2D eigenvalue weighted by Crippen LogP contribution is 2.13. The summed E-state index contributed by atoms with van der Waals surface area (Å²) in [4.78, 5) is 6.76. The molecular formula is C17H29IN4O3S. The predicted molar refractivity (Wildman–Crippen MR) is 116 cm³/mol. The molecule has 2 rings (SSSR count). The number of hydrogen-bond acceptors (Lipinski definition) is 5. The van der Waals surface area contributed by atoms with E-state index in [0.717, 1.165) is 36.9 Å². The Balaban J connectivity index is 0.00000338. The number of nitrogens with zero attached hydrogens (tertiary/aromatic N) is 2. The maximum Gasteiger partial charge on any atom is 0.191 e. The van der Waals surface area contributed by atoms with Gasteiger partial charge < -0.3 is 15.4 Å². The molecule has 1 aromatic carbocycles. The number of nitrogens with one attached hydrogen (secondary N) is 2. The fraction of sp³-hybridized carbons (Fsp3) is 0.588. The summed E-state index contributed by atoms with van der Waals surface area (Å²) in [5.74, 6) is 2.11. The number of rotatable bonds is 7. The van der Waals surface area contributed by atoms with Gasteiger partial charge in [0.25, 0.3) is 0 Å². The van der Waals surface area contributed by atoms with Gasteiger partial charge in [0, 0.05) is 32.7 Å². The van der Waals surface area contributed by atoms with Crippen LogP contribution in [0.25, 0.3) is 0 Å². The Morgan fingerprint density at radius 3 is 2.65 bits per heavy atom. The van der Waals surface area contributed by atoms with Gasteiger partial charge in [0.2, 0.25) is 0 Å². The summed E-state index contributed by atoms with van der Waals surface area (Å²) in [5.41, 5.74) is 1.08. The van der Waals surface area contributed by atoms with Crippen LogP contribution in [-0.4, -0.2) is 70.6 Å². The minimum Gasteiger partial charge on any atom is -0.497 e. The van der Waals surface area contributed by atoms with Crippen molar-refractivity contribution in [1.82, 2.24) is 15.5 Å². The van der Waals surface area contributed by atoms with E-state index in [2.05, 4.69) is 20.5 Å². The minimum atomic E-state index is -2.82. The highest BCUT2D eigenvalue weighted by molar-refractivity contribution is 14.0. The normalized spacial score (nSPS) is 17.2. The van der Waals surface area contributed by atoms with Gasteiger partial charge in [-0.25, -0.2) is 13.4 Å². The fourth-order valence-corrected chi connectivity index (χ4v) is 3.87. The van der Waals surface area contributed by atoms with E-state index in [-0.39, 0.29) is 35.5 Å². The molecule has 0 aliphatic carbocycles. The summed E-state index contributed by atoms with van der Waals surface area (Å²) >= 11 is 0. The zero-order valence-corrected chi connectivity index (χ0v) is 18.5. The quantitative estimate of drug-likeness (QED) is 0.334. The van der Waals surface area contributed by atoms with Crippen molar-refractivity contribution in [3.63, 3.8) is 0 Å². The van der Waals surface area contributed by atoms with Gasteiger partial charge in [-0.2, -0.15) is 0 Å². The van der Waals surface area contributed by atoms with E-state index in [9.17, 15) is 8.42 Å². The van der Waals surface area contributed by atoms with Crippen LogP contribution in [0.2, 0.25) is 0 Å². The van der Waals surface area contributed by atoms with Crippen LogP contribution in [0.4, 0.5) is 0 Å². The van der Waals surface area contributed by atoms with E-state index in [0.29, 0.717) is 19.6 Å². The first kappa shape index (κ1) is 23.0. The average Bonchev–Trinajstić information content (AvgIpc) is 2.61. The van der Waals surface area contributed by atoms with Crippen molar-refractivity contribution in [2.75, 3.05) is 51.3 Å². The zero-order valence-electron chi connectivity index (χ0n) is 15.4. The van der Waals surface area contributed by atoms with E-state index < -0.39 is 9.84 Å². The van der Waals surface area contributed by atoms with Crippen molar-refractivity contribution in [2.24, 2.45) is 4.99 Å². The van der Waals surface area contributed by atoms with Gasteiger partial charge in [0.05, 0.1) is 25.2 Å². The first-order valence-electron chi connectivity index (χ1n) is 8.60. The van der Waals surface area contributed by atoms with Crippen LogP contribution in [0, 0.1) is 0 Å². The molecule has 0 bridgehead atoms. The van der Waals surface area contributed by atoms with Gasteiger partial charge >= 0.3 is 0 Å². The number of sulfone groups is 1. The number of halogens is 1. The molecule has 7 nitrogen and oxygen atoms in total. The molecule has 1 fully saturated rings. The van der Waals surface area contributed by atoms with E-state index in [1.54, 1.807) is 7.11 Å². The molecule has 0 spiro atoms. The van der Waals surface area contributed by atoms with Crippen molar-refractivity contribution in [1.29, 1.82) is 0 Å². The second kappa shape index (κ2) is 11.6. The lowest BCUT2D eigenvalue weighted by Gasteiger charge is -2.26. The first-order valence-corrected chi connectivity index (χ1v) is 10.4. The molecule has 0 aromatic heterocycles. The van der Waals surface area contributed by atoms with Gasteiger partial charge in [-0.15, -0.1) is 24.0 Å². The largest absolute Gasteiger partial charge is 0.497 e. The second-order valence-corrected chi connectivity index (χ2v) is 8.27. The maximum absolute atomic E-state index is 11.4. The molecule has 1 heterocycles. The van der Waals surface area contributed by atoms with Gasteiger partial charge in [-0.1, -0.05) is 12.1 Å². The van der Waals surface area contributed by atoms with Crippen LogP contribution in [0.5, 0.6) is 5.75 Å². The standard InChI is InChI=1S/C17H28N4O3S.HI/c1-3-18-17(20-14-15-5-4-6-16(13-15)24-2)19-7-8-21-9-11-25(22,23)12-10-21;/h4-6,13H,3,7-12,14H2,1-2H3,(H2,18,19,20);1H. The lowest BCUT2D eigenvalue weighted by Crippen LogP contribution is -2.45. The number of methoxy groups -OCH3 is 1. The summed E-state index contributed by atoms with van der Waals surface area (Å²) in [7, 11) is -1.17. The van der Waals surface area contributed by atoms with Gasteiger partial charge in [-0.05, 0) is 24.6 Å². The van der Waals surface area contributed by atoms with Crippen molar-refractivity contribution >= 4 is 39.8 Å². The lowest BCUT2D eigenvalue weighted by atomic mass is 10.2. The molecule has 2 N–H and O–H groups in total. The summed E-state index contributed by atoms with van der Waals surface area (Å²) in [6, 6.07) is 7.86. The Kier molecular flexibility index (Phi) is 10.3. The Morgan fingerprint density at radius 1 is 1.27 bits per heavy atom. The number of benzene rings is 1. The minimum absolute atomic E-state index is 0. The number of guanidine groups is 1. The van der Waals surface area contributed by atoms with Crippen LogP contribution in [-0.2, 0) is 16.4 Å². The molecule has 1 aliphatic rings. The van der Waals surface area contributed by atoms with Gasteiger partial charge in [-0.3, -0.25) is 4.90 Å². The second-order valence-electron chi connectivity index (χ2n) is 5.97. The third-order valence-corrected chi connectivity index (χ3v) is 5.66. The molecule has 26 heavy (non-hydrogen) atoms. The van der Waals surface area contributed by atoms with E-state index in [1.165, 1.54) is 0 Å². The lowest BCUT2D eigenvalue weighted by molar-refractivity contribution is 0.299. The molecular weight excluding hydrogens is 467 g/mol. The molecule has 148 valence electrons. The highest BCUT2D eigenvalue weighted by atomic mass is 127. The van der Waals surface area contributed by atoms with E-state index in [4.69, 9.17) is 4.74 Å². The molecule has 1 aromatic rings. The summed E-state index contributed by atoms with van der Waals surface area (Å²) in [5, 5.41) is 6.53. The molecule has 0 unspecified atom stereocenters. The van der Waals surface area contributed by atoms with Crippen molar-refractivity contribution in [3.8, 4) is 5.75 Å². The highest BCUT2D eigenvalue weighted by Gasteiger charge is 2.20. The third kappa shape index (κ3) is 8.09. The third-order valence-electron chi connectivity index (χ3n) is 4.06. The Hall–Kier alpha value is -1.07. The Bertz CT molecular complexity index is 668. The average molecular weight is 496 g/mol. The Labute approximate surface area is 173 Å². The monoisotopic (exact) mass is 496 g/mol. The van der Waals surface area contributed by atoms with Crippen LogP contribution < -0.4 is 15.4 Å². The van der Waals surface area contributed by atoms with Crippen LogP contribution >= 0.6 is 24.0 Å². The van der Waals surface area contributed by atoms with Gasteiger partial charge in [0.15, 0.2) is 15.8 Å². The number of hydrogen-bond donors (Lipinski definition) is 2. The molecule has 0 radical (unpaired) electrons. The number of aliphatic imine (C=N–C) groups is 1. The molecule has 0 amide bonds. The van der Waals surface area contributed by atoms with Crippen LogP contribution in [0.15, 0.2) is 29.3 Å². The molecule has 1 aliphatic heterocycles. The summed E-state index contributed by atoms with van der Waals surface area (Å²) in [6.45, 7) is 6.13. The SMILES string of the molecule is CCNC(=NCc1cccc(OC)c1)NCCN1CCS(=O)(=O)CC1.I. The predicted octanol–water partition coefficient (Wildman–Crippen LogP) is 1.10. The molecule has 0 saturated carbocycles.